The minimum atomic E-state index is -0.0486. The first kappa shape index (κ1) is 9.89. The molecule has 0 bridgehead atoms. The van der Waals surface area contributed by atoms with Crippen LogP contribution < -0.4 is 5.73 Å². The van der Waals surface area contributed by atoms with Crippen molar-refractivity contribution in [2.24, 2.45) is 0 Å². The van der Waals surface area contributed by atoms with E-state index in [9.17, 15) is 4.79 Å². The number of carbonyl (C=O) groups is 1. The average molecular weight is 206 g/mol. The Kier molecular flexibility index (Phi) is 2.53. The van der Waals surface area contributed by atoms with Gasteiger partial charge in [-0.05, 0) is 31.9 Å². The zero-order valence-electron chi connectivity index (χ0n) is 8.68. The lowest BCUT2D eigenvalue weighted by Crippen LogP contribution is -2.33. The van der Waals surface area contributed by atoms with Gasteiger partial charge in [-0.3, -0.25) is 4.79 Å². The topological polar surface area (TPSA) is 72.1 Å². The second-order valence-corrected chi connectivity index (χ2v) is 3.67. The van der Waals surface area contributed by atoms with E-state index < -0.39 is 0 Å². The van der Waals surface area contributed by atoms with E-state index in [2.05, 4.69) is 10.2 Å². The molecule has 1 saturated carbocycles. The van der Waals surface area contributed by atoms with Gasteiger partial charge in [0, 0.05) is 12.6 Å². The molecule has 5 nitrogen and oxygen atoms in total. The Morgan fingerprint density at radius 2 is 2.27 bits per heavy atom. The van der Waals surface area contributed by atoms with E-state index in [1.54, 1.807) is 12.1 Å². The monoisotopic (exact) mass is 206 g/mol. The van der Waals surface area contributed by atoms with Gasteiger partial charge in [-0.25, -0.2) is 0 Å². The van der Waals surface area contributed by atoms with Crippen molar-refractivity contribution < 1.29 is 4.79 Å². The molecular weight excluding hydrogens is 192 g/mol. The largest absolute Gasteiger partial charge is 0.382 e. The number of rotatable bonds is 3. The predicted octanol–water partition coefficient (Wildman–Crippen LogP) is 0.683. The van der Waals surface area contributed by atoms with Gasteiger partial charge in [0.15, 0.2) is 5.69 Å². The van der Waals surface area contributed by atoms with Crippen molar-refractivity contribution in [2.75, 3.05) is 12.3 Å². The van der Waals surface area contributed by atoms with Crippen molar-refractivity contribution >= 4 is 11.7 Å². The van der Waals surface area contributed by atoms with Gasteiger partial charge in [-0.15, -0.1) is 10.2 Å². The summed E-state index contributed by atoms with van der Waals surface area (Å²) in [5.74, 6) is 0.286. The summed E-state index contributed by atoms with van der Waals surface area (Å²) in [6.07, 6.45) is 2.20. The van der Waals surface area contributed by atoms with Crippen LogP contribution in [0.25, 0.3) is 0 Å². The lowest BCUT2D eigenvalue weighted by atomic mass is 10.3. The standard InChI is InChI=1S/C10H14N4O/c1-2-14(7-3-4-7)10(15)8-5-6-9(11)13-12-8/h5-7H,2-4H2,1H3,(H2,11,13). The van der Waals surface area contributed by atoms with Crippen LogP contribution >= 0.6 is 0 Å². The molecule has 0 unspecified atom stereocenters. The highest BCUT2D eigenvalue weighted by molar-refractivity contribution is 5.92. The molecule has 1 aliphatic carbocycles. The normalized spacial score (nSPS) is 15.0. The number of nitrogens with zero attached hydrogens (tertiary/aromatic N) is 3. The molecule has 1 aromatic rings. The number of nitrogen functional groups attached to an aromatic ring is 1. The summed E-state index contributed by atoms with van der Waals surface area (Å²) in [6, 6.07) is 3.62. The number of aromatic nitrogens is 2. The third-order valence-electron chi connectivity index (χ3n) is 2.49. The highest BCUT2D eigenvalue weighted by Crippen LogP contribution is 2.27. The maximum Gasteiger partial charge on any atom is 0.274 e. The lowest BCUT2D eigenvalue weighted by Gasteiger charge is -2.19. The van der Waals surface area contributed by atoms with Crippen molar-refractivity contribution in [1.82, 2.24) is 15.1 Å². The van der Waals surface area contributed by atoms with Gasteiger partial charge in [0.2, 0.25) is 0 Å². The fraction of sp³-hybridized carbons (Fsp3) is 0.500. The molecule has 0 radical (unpaired) electrons. The molecule has 1 aliphatic rings. The van der Waals surface area contributed by atoms with E-state index in [1.165, 1.54) is 0 Å². The van der Waals surface area contributed by atoms with Gasteiger partial charge in [0.25, 0.3) is 5.91 Å². The van der Waals surface area contributed by atoms with Crippen molar-refractivity contribution in [3.05, 3.63) is 17.8 Å². The van der Waals surface area contributed by atoms with Crippen LogP contribution in [0.4, 0.5) is 5.82 Å². The van der Waals surface area contributed by atoms with Crippen LogP contribution in [0.5, 0.6) is 0 Å². The number of nitrogens with two attached hydrogens (primary N) is 1. The molecule has 0 spiro atoms. The summed E-state index contributed by atoms with van der Waals surface area (Å²) in [4.78, 5) is 13.8. The van der Waals surface area contributed by atoms with Gasteiger partial charge in [0.1, 0.15) is 5.82 Å². The van der Waals surface area contributed by atoms with E-state index in [0.29, 0.717) is 17.6 Å². The Bertz CT molecular complexity index is 358. The van der Waals surface area contributed by atoms with E-state index in [-0.39, 0.29) is 5.91 Å². The Labute approximate surface area is 88.3 Å². The van der Waals surface area contributed by atoms with E-state index >= 15 is 0 Å². The molecule has 2 N–H and O–H groups in total. The van der Waals surface area contributed by atoms with Crippen LogP contribution in [-0.4, -0.2) is 33.6 Å². The summed E-state index contributed by atoms with van der Waals surface area (Å²) in [6.45, 7) is 2.69. The van der Waals surface area contributed by atoms with Gasteiger partial charge >= 0.3 is 0 Å². The molecule has 1 aromatic heterocycles. The van der Waals surface area contributed by atoms with Crippen molar-refractivity contribution in [3.8, 4) is 0 Å². The summed E-state index contributed by atoms with van der Waals surface area (Å²) < 4.78 is 0. The van der Waals surface area contributed by atoms with E-state index in [1.807, 2.05) is 11.8 Å². The fourth-order valence-electron chi connectivity index (χ4n) is 1.56. The van der Waals surface area contributed by atoms with Gasteiger partial charge in [-0.1, -0.05) is 0 Å². The molecule has 0 aromatic carbocycles. The highest BCUT2D eigenvalue weighted by Gasteiger charge is 2.32. The maximum absolute atomic E-state index is 12.0. The molecule has 0 atom stereocenters. The first-order valence-electron chi connectivity index (χ1n) is 5.12. The lowest BCUT2D eigenvalue weighted by molar-refractivity contribution is 0.0745. The molecule has 1 amide bonds. The average Bonchev–Trinajstić information content (AvgIpc) is 3.04. The molecule has 5 heteroatoms. The number of anilines is 1. The van der Waals surface area contributed by atoms with Crippen molar-refractivity contribution in [3.63, 3.8) is 0 Å². The Morgan fingerprint density at radius 1 is 1.53 bits per heavy atom. The SMILES string of the molecule is CCN(C(=O)c1ccc(N)nn1)C1CC1. The smallest absolute Gasteiger partial charge is 0.274 e. The molecule has 1 fully saturated rings. The molecule has 0 saturated heterocycles. The first-order chi connectivity index (χ1) is 7.22. The molecule has 0 aliphatic heterocycles. The summed E-state index contributed by atoms with van der Waals surface area (Å²) in [5.41, 5.74) is 5.78. The van der Waals surface area contributed by atoms with Gasteiger partial charge in [-0.2, -0.15) is 0 Å². The minimum absolute atomic E-state index is 0.0486. The number of hydrogen-bond acceptors (Lipinski definition) is 4. The Balaban J connectivity index is 2.15. The van der Waals surface area contributed by atoms with Crippen LogP contribution in [0.15, 0.2) is 12.1 Å². The predicted molar refractivity (Wildman–Crippen MR) is 56.2 cm³/mol. The highest BCUT2D eigenvalue weighted by atomic mass is 16.2. The van der Waals surface area contributed by atoms with E-state index in [0.717, 1.165) is 19.4 Å². The maximum atomic E-state index is 12.0. The van der Waals surface area contributed by atoms with Gasteiger partial charge < -0.3 is 10.6 Å². The summed E-state index contributed by atoms with van der Waals surface area (Å²) in [7, 11) is 0. The third-order valence-corrected chi connectivity index (χ3v) is 2.49. The molecule has 2 rings (SSSR count). The summed E-state index contributed by atoms with van der Waals surface area (Å²) in [5, 5.41) is 7.47. The van der Waals surface area contributed by atoms with Crippen LogP contribution in [0.1, 0.15) is 30.3 Å². The zero-order chi connectivity index (χ0) is 10.8. The van der Waals surface area contributed by atoms with E-state index in [4.69, 9.17) is 5.73 Å². The van der Waals surface area contributed by atoms with Crippen molar-refractivity contribution in [1.29, 1.82) is 0 Å². The molecule has 1 heterocycles. The molecular formula is C10H14N4O. The second kappa shape index (κ2) is 3.84. The van der Waals surface area contributed by atoms with Crippen LogP contribution in [0.2, 0.25) is 0 Å². The van der Waals surface area contributed by atoms with Crippen molar-refractivity contribution in [2.45, 2.75) is 25.8 Å². The van der Waals surface area contributed by atoms with Crippen LogP contribution in [0.3, 0.4) is 0 Å². The zero-order valence-corrected chi connectivity index (χ0v) is 8.68. The quantitative estimate of drug-likeness (QED) is 0.789. The second-order valence-electron chi connectivity index (χ2n) is 3.67. The van der Waals surface area contributed by atoms with Gasteiger partial charge in [0.05, 0.1) is 0 Å². The number of carbonyl (C=O) groups excluding carboxylic acids is 1. The molecule has 80 valence electrons. The fourth-order valence-corrected chi connectivity index (χ4v) is 1.56. The number of amides is 1. The first-order valence-corrected chi connectivity index (χ1v) is 5.12. The molecule has 15 heavy (non-hydrogen) atoms. The minimum Gasteiger partial charge on any atom is -0.382 e. The summed E-state index contributed by atoms with van der Waals surface area (Å²) >= 11 is 0. The Hall–Kier alpha value is -1.65. The number of hydrogen-bond donors (Lipinski definition) is 1. The van der Waals surface area contributed by atoms with Crippen LogP contribution in [-0.2, 0) is 0 Å². The Morgan fingerprint density at radius 3 is 2.73 bits per heavy atom. The third kappa shape index (κ3) is 2.06. The van der Waals surface area contributed by atoms with Crippen LogP contribution in [0, 0.1) is 0 Å².